The zero-order valence-corrected chi connectivity index (χ0v) is 10.3. The summed E-state index contributed by atoms with van der Waals surface area (Å²) in [6.07, 6.45) is 0. The van der Waals surface area contributed by atoms with Crippen LogP contribution in [0, 0.1) is 17.5 Å². The van der Waals surface area contributed by atoms with Gasteiger partial charge in [0.25, 0.3) is 0 Å². The molecule has 0 unspecified atom stereocenters. The fourth-order valence-corrected chi connectivity index (χ4v) is 1.60. The summed E-state index contributed by atoms with van der Waals surface area (Å²) in [5.74, 6) is -2.17. The molecule has 0 saturated heterocycles. The molecule has 0 bridgehead atoms. The number of halogens is 3. The minimum atomic E-state index is -0.870. The van der Waals surface area contributed by atoms with Crippen LogP contribution in [0.2, 0.25) is 0 Å². The average Bonchev–Trinajstić information content (AvgIpc) is 2.41. The maximum absolute atomic E-state index is 13.3. The fourth-order valence-electron chi connectivity index (χ4n) is 1.60. The van der Waals surface area contributed by atoms with Crippen molar-refractivity contribution in [1.82, 2.24) is 5.32 Å². The van der Waals surface area contributed by atoms with Gasteiger partial charge in [-0.1, -0.05) is 18.2 Å². The fraction of sp³-hybridized carbons (Fsp3) is 0.0714. The van der Waals surface area contributed by atoms with Gasteiger partial charge in [-0.2, -0.15) is 0 Å². The molecule has 0 heterocycles. The Morgan fingerprint density at radius 1 is 1.00 bits per heavy atom. The van der Waals surface area contributed by atoms with Crippen LogP contribution in [0.5, 0.6) is 0 Å². The Labute approximate surface area is 113 Å². The van der Waals surface area contributed by atoms with Gasteiger partial charge in [-0.15, -0.1) is 0 Å². The number of hydrogen-bond acceptors (Lipinski definition) is 1. The highest BCUT2D eigenvalue weighted by Gasteiger charge is 2.11. The number of urea groups is 1. The molecule has 0 atom stereocenters. The summed E-state index contributed by atoms with van der Waals surface area (Å²) in [6.45, 7) is 0.0413. The van der Waals surface area contributed by atoms with Crippen molar-refractivity contribution in [3.63, 3.8) is 0 Å². The van der Waals surface area contributed by atoms with E-state index in [1.807, 2.05) is 0 Å². The van der Waals surface area contributed by atoms with Crippen LogP contribution >= 0.6 is 0 Å². The molecule has 2 amide bonds. The number of nitrogens with one attached hydrogen (secondary N) is 2. The SMILES string of the molecule is O=C(NCc1cccc(F)c1)Nc1c(F)cccc1F. The van der Waals surface area contributed by atoms with Gasteiger partial charge in [-0.3, -0.25) is 0 Å². The molecule has 6 heteroatoms. The van der Waals surface area contributed by atoms with Crippen molar-refractivity contribution in [2.24, 2.45) is 0 Å². The van der Waals surface area contributed by atoms with E-state index < -0.39 is 29.2 Å². The molecule has 2 N–H and O–H groups in total. The highest BCUT2D eigenvalue weighted by atomic mass is 19.1. The van der Waals surface area contributed by atoms with Crippen molar-refractivity contribution < 1.29 is 18.0 Å². The summed E-state index contributed by atoms with van der Waals surface area (Å²) in [7, 11) is 0. The molecule has 2 aromatic carbocycles. The van der Waals surface area contributed by atoms with Crippen LogP contribution < -0.4 is 10.6 Å². The monoisotopic (exact) mass is 280 g/mol. The standard InChI is InChI=1S/C14H11F3N2O/c15-10-4-1-3-9(7-10)8-18-14(20)19-13-11(16)5-2-6-12(13)17/h1-7H,8H2,(H2,18,19,20). The Morgan fingerprint density at radius 2 is 1.65 bits per heavy atom. The zero-order valence-electron chi connectivity index (χ0n) is 10.3. The van der Waals surface area contributed by atoms with E-state index in [-0.39, 0.29) is 6.54 Å². The number of carbonyl (C=O) groups is 1. The van der Waals surface area contributed by atoms with Crippen LogP contribution in [-0.2, 0) is 6.54 Å². The molecule has 104 valence electrons. The van der Waals surface area contributed by atoms with Gasteiger partial charge in [0.15, 0.2) is 0 Å². The smallest absolute Gasteiger partial charge is 0.319 e. The molecule has 0 aliphatic heterocycles. The van der Waals surface area contributed by atoms with Gasteiger partial charge in [-0.05, 0) is 29.8 Å². The predicted molar refractivity (Wildman–Crippen MR) is 68.6 cm³/mol. The third-order valence-corrected chi connectivity index (χ3v) is 2.54. The molecular weight excluding hydrogens is 269 g/mol. The van der Waals surface area contributed by atoms with Crippen molar-refractivity contribution in [3.05, 3.63) is 65.5 Å². The molecule has 20 heavy (non-hydrogen) atoms. The first-order chi connectivity index (χ1) is 9.56. The summed E-state index contributed by atoms with van der Waals surface area (Å²) < 4.78 is 39.5. The predicted octanol–water partition coefficient (Wildman–Crippen LogP) is 3.43. The molecule has 2 aromatic rings. The minimum Gasteiger partial charge on any atom is -0.334 e. The van der Waals surface area contributed by atoms with E-state index >= 15 is 0 Å². The van der Waals surface area contributed by atoms with Gasteiger partial charge in [-0.25, -0.2) is 18.0 Å². The van der Waals surface area contributed by atoms with Crippen LogP contribution in [0.4, 0.5) is 23.7 Å². The molecule has 0 aromatic heterocycles. The molecule has 0 fully saturated rings. The van der Waals surface area contributed by atoms with Crippen LogP contribution in [0.25, 0.3) is 0 Å². The Morgan fingerprint density at radius 3 is 2.30 bits per heavy atom. The normalized spacial score (nSPS) is 10.2. The van der Waals surface area contributed by atoms with Crippen LogP contribution in [0.3, 0.4) is 0 Å². The van der Waals surface area contributed by atoms with Crippen molar-refractivity contribution in [3.8, 4) is 0 Å². The molecule has 0 saturated carbocycles. The molecule has 0 radical (unpaired) electrons. The van der Waals surface area contributed by atoms with Gasteiger partial charge in [0, 0.05) is 6.54 Å². The summed E-state index contributed by atoms with van der Waals surface area (Å²) in [6, 6.07) is 8.13. The van der Waals surface area contributed by atoms with E-state index in [0.717, 1.165) is 12.1 Å². The molecule has 0 aliphatic carbocycles. The average molecular weight is 280 g/mol. The second kappa shape index (κ2) is 6.10. The van der Waals surface area contributed by atoms with Crippen molar-refractivity contribution in [2.45, 2.75) is 6.54 Å². The number of benzene rings is 2. The van der Waals surface area contributed by atoms with Crippen molar-refractivity contribution in [1.29, 1.82) is 0 Å². The minimum absolute atomic E-state index is 0.0413. The molecule has 3 nitrogen and oxygen atoms in total. The second-order valence-electron chi connectivity index (χ2n) is 4.03. The van der Waals surface area contributed by atoms with Gasteiger partial charge in [0.1, 0.15) is 23.1 Å². The lowest BCUT2D eigenvalue weighted by Gasteiger charge is -2.09. The molecule has 2 rings (SSSR count). The third-order valence-electron chi connectivity index (χ3n) is 2.54. The number of amides is 2. The summed E-state index contributed by atoms with van der Waals surface area (Å²) in [5.41, 5.74) is 0.0124. The van der Waals surface area contributed by atoms with Gasteiger partial charge in [0.2, 0.25) is 0 Å². The van der Waals surface area contributed by atoms with Crippen LogP contribution in [-0.4, -0.2) is 6.03 Å². The van der Waals surface area contributed by atoms with Crippen LogP contribution in [0.1, 0.15) is 5.56 Å². The van der Waals surface area contributed by atoms with E-state index in [1.54, 1.807) is 6.07 Å². The lowest BCUT2D eigenvalue weighted by Crippen LogP contribution is -2.29. The Bertz CT molecular complexity index is 611. The van der Waals surface area contributed by atoms with E-state index in [2.05, 4.69) is 10.6 Å². The maximum Gasteiger partial charge on any atom is 0.319 e. The molecule has 0 spiro atoms. The zero-order chi connectivity index (χ0) is 14.5. The number of rotatable bonds is 3. The summed E-state index contributed by atoms with van der Waals surface area (Å²) in [5, 5.41) is 4.45. The van der Waals surface area contributed by atoms with E-state index in [9.17, 15) is 18.0 Å². The quantitative estimate of drug-likeness (QED) is 0.888. The van der Waals surface area contributed by atoms with Crippen LogP contribution in [0.15, 0.2) is 42.5 Å². The topological polar surface area (TPSA) is 41.1 Å². The number of hydrogen-bond donors (Lipinski definition) is 2. The first-order valence-electron chi connectivity index (χ1n) is 5.79. The van der Waals surface area contributed by atoms with Crippen molar-refractivity contribution >= 4 is 11.7 Å². The highest BCUT2D eigenvalue weighted by molar-refractivity contribution is 5.89. The van der Waals surface area contributed by atoms with Crippen molar-refractivity contribution in [2.75, 3.05) is 5.32 Å². The number of carbonyl (C=O) groups excluding carboxylic acids is 1. The first kappa shape index (κ1) is 13.9. The Kier molecular flexibility index (Phi) is 4.24. The Balaban J connectivity index is 1.96. The number of para-hydroxylation sites is 1. The molecular formula is C14H11F3N2O. The largest absolute Gasteiger partial charge is 0.334 e. The second-order valence-corrected chi connectivity index (χ2v) is 4.03. The van der Waals surface area contributed by atoms with Gasteiger partial charge < -0.3 is 10.6 Å². The Hall–Kier alpha value is -2.50. The van der Waals surface area contributed by atoms with E-state index in [4.69, 9.17) is 0 Å². The first-order valence-corrected chi connectivity index (χ1v) is 5.79. The summed E-state index contributed by atoms with van der Waals surface area (Å²) in [4.78, 5) is 11.5. The highest BCUT2D eigenvalue weighted by Crippen LogP contribution is 2.17. The van der Waals surface area contributed by atoms with E-state index in [0.29, 0.717) is 5.56 Å². The molecule has 0 aliphatic rings. The van der Waals surface area contributed by atoms with Gasteiger partial charge in [0.05, 0.1) is 0 Å². The third kappa shape index (κ3) is 3.50. The van der Waals surface area contributed by atoms with E-state index in [1.165, 1.54) is 24.3 Å². The maximum atomic E-state index is 13.3. The van der Waals surface area contributed by atoms with Gasteiger partial charge >= 0.3 is 6.03 Å². The lowest BCUT2D eigenvalue weighted by atomic mass is 10.2. The summed E-state index contributed by atoms with van der Waals surface area (Å²) >= 11 is 0. The number of anilines is 1. The lowest BCUT2D eigenvalue weighted by molar-refractivity contribution is 0.251.